The molecule has 2 aliphatic rings. The second-order valence-corrected chi connectivity index (χ2v) is 17.2. The Balaban J connectivity index is 1.85. The molecule has 15 nitrogen and oxygen atoms in total. The SMILES string of the molecule is CC/C=C/C/C=C/C/C=C/C/C=C/C/C=C/CCCCCC(=O)O[C@H](COC(=O)CCCC/C=C/C/C=C/C/C=C/C/C=C/CC)CO[C@H]1O[C@@H](CO[C@H]2O[C@@H](CO)[C@@H](O)C(O)C2O)[C@@H](O)C(O)C1O. The molecule has 0 aliphatic carbocycles. The number of aliphatic hydroxyl groups is 7. The zero-order chi connectivity index (χ0) is 51.0. The standard InChI is InChI=1S/C55H86O15/c1-3-5-7-9-11-13-15-17-19-20-21-22-24-26-28-30-32-34-36-38-47(58)68-43(40-65-46(57)37-35-33-31-29-27-25-23-18-16-14-12-10-8-6-4-2)41-66-54-53(64)51(62)49(60)45(70-54)42-67-55-52(63)50(61)48(59)44(39-56)69-55/h5-8,11-14,17-19,21-23,26-29,43-45,48-56,59-64H,3-4,9-10,15-16,20,24-25,30-42H2,1-2H3/b7-5+,8-6+,13-11+,14-12+,19-17+,22-21+,23-18+,28-26+,29-27+/t43-,44+,45+,48-,49-,50?,51?,52?,53?,54+,55+/m1/s1. The summed E-state index contributed by atoms with van der Waals surface area (Å²) in [7, 11) is 0. The Hall–Kier alpha value is -3.84. The van der Waals surface area contributed by atoms with Crippen LogP contribution in [-0.4, -0.2) is 142 Å². The topological polar surface area (TPSA) is 231 Å². The first kappa shape index (κ1) is 62.3. The predicted molar refractivity (Wildman–Crippen MR) is 270 cm³/mol. The number of unbranched alkanes of at least 4 members (excludes halogenated alkanes) is 5. The van der Waals surface area contributed by atoms with Crippen molar-refractivity contribution in [1.82, 2.24) is 0 Å². The number of rotatable bonds is 37. The van der Waals surface area contributed by atoms with Crippen LogP contribution in [0.15, 0.2) is 109 Å². The molecular formula is C55H86O15. The monoisotopic (exact) mass is 987 g/mol. The first-order valence-corrected chi connectivity index (χ1v) is 25.5. The molecule has 0 amide bonds. The lowest BCUT2D eigenvalue weighted by Crippen LogP contribution is -2.61. The molecule has 7 N–H and O–H groups in total. The summed E-state index contributed by atoms with van der Waals surface area (Å²) in [6.45, 7) is 2.25. The lowest BCUT2D eigenvalue weighted by molar-refractivity contribution is -0.332. The van der Waals surface area contributed by atoms with Crippen LogP contribution in [-0.2, 0) is 38.0 Å². The first-order chi connectivity index (χ1) is 34.0. The van der Waals surface area contributed by atoms with Crippen LogP contribution < -0.4 is 0 Å². The second kappa shape index (κ2) is 40.7. The van der Waals surface area contributed by atoms with Crippen LogP contribution in [0, 0.1) is 0 Å². The molecule has 4 unspecified atom stereocenters. The van der Waals surface area contributed by atoms with Crippen LogP contribution in [0.25, 0.3) is 0 Å². The van der Waals surface area contributed by atoms with E-state index in [2.05, 4.69) is 123 Å². The smallest absolute Gasteiger partial charge is 0.306 e. The van der Waals surface area contributed by atoms with Crippen molar-refractivity contribution in [3.05, 3.63) is 109 Å². The molecule has 11 atom stereocenters. The second-order valence-electron chi connectivity index (χ2n) is 17.2. The molecule has 0 spiro atoms. The maximum Gasteiger partial charge on any atom is 0.306 e. The summed E-state index contributed by atoms with van der Waals surface area (Å²) in [4.78, 5) is 25.7. The van der Waals surface area contributed by atoms with Crippen molar-refractivity contribution in [1.29, 1.82) is 0 Å². The average Bonchev–Trinajstić information content (AvgIpc) is 3.35. The van der Waals surface area contributed by atoms with Crippen molar-refractivity contribution in [2.45, 2.75) is 197 Å². The minimum absolute atomic E-state index is 0.109. The molecule has 0 bridgehead atoms. The van der Waals surface area contributed by atoms with Gasteiger partial charge in [0.05, 0.1) is 19.8 Å². The van der Waals surface area contributed by atoms with Crippen molar-refractivity contribution in [2.75, 3.05) is 26.4 Å². The molecular weight excluding hydrogens is 901 g/mol. The van der Waals surface area contributed by atoms with E-state index in [4.69, 9.17) is 28.4 Å². The fourth-order valence-electron chi connectivity index (χ4n) is 7.11. The largest absolute Gasteiger partial charge is 0.462 e. The van der Waals surface area contributed by atoms with E-state index in [1.807, 2.05) is 0 Å². The molecule has 0 saturated carbocycles. The number of hydrogen-bond acceptors (Lipinski definition) is 15. The molecule has 0 aromatic carbocycles. The molecule has 2 aliphatic heterocycles. The van der Waals surface area contributed by atoms with Gasteiger partial charge >= 0.3 is 11.9 Å². The van der Waals surface area contributed by atoms with E-state index in [0.29, 0.717) is 12.8 Å². The van der Waals surface area contributed by atoms with Gasteiger partial charge in [-0.3, -0.25) is 9.59 Å². The highest BCUT2D eigenvalue weighted by atomic mass is 16.7. The summed E-state index contributed by atoms with van der Waals surface area (Å²) in [5, 5.41) is 72.1. The Morgan fingerprint density at radius 1 is 0.457 bits per heavy atom. The molecule has 2 heterocycles. The molecule has 0 aromatic rings. The summed E-state index contributed by atoms with van der Waals surface area (Å²) in [6.07, 6.45) is 35.5. The van der Waals surface area contributed by atoms with Gasteiger partial charge in [-0.1, -0.05) is 130 Å². The van der Waals surface area contributed by atoms with Crippen molar-refractivity contribution in [3.8, 4) is 0 Å². The van der Waals surface area contributed by atoms with E-state index in [-0.39, 0.29) is 19.4 Å². The molecule has 2 rings (SSSR count). The minimum atomic E-state index is -1.78. The molecule has 2 fully saturated rings. The third-order valence-electron chi connectivity index (χ3n) is 11.2. The zero-order valence-electron chi connectivity index (χ0n) is 41.7. The normalized spacial score (nSPS) is 26.3. The predicted octanol–water partition coefficient (Wildman–Crippen LogP) is 7.15. The maximum atomic E-state index is 13.0. The lowest BCUT2D eigenvalue weighted by atomic mass is 9.98. The Kier molecular flexibility index (Phi) is 36.2. The van der Waals surface area contributed by atoms with Gasteiger partial charge in [-0.15, -0.1) is 0 Å². The van der Waals surface area contributed by atoms with Gasteiger partial charge in [-0.05, 0) is 96.3 Å². The summed E-state index contributed by atoms with van der Waals surface area (Å²) in [6, 6.07) is 0. The van der Waals surface area contributed by atoms with Gasteiger partial charge in [-0.2, -0.15) is 0 Å². The molecule has 15 heteroatoms. The lowest BCUT2D eigenvalue weighted by Gasteiger charge is -2.42. The average molecular weight is 987 g/mol. The quantitative estimate of drug-likeness (QED) is 0.0186. The highest BCUT2D eigenvalue weighted by Crippen LogP contribution is 2.26. The number of hydrogen-bond donors (Lipinski definition) is 7. The number of carbonyl (C=O) groups is 2. The van der Waals surface area contributed by atoms with Crippen LogP contribution in [0.1, 0.15) is 129 Å². The van der Waals surface area contributed by atoms with E-state index in [1.165, 1.54) is 0 Å². The van der Waals surface area contributed by atoms with Gasteiger partial charge in [0.25, 0.3) is 0 Å². The highest BCUT2D eigenvalue weighted by molar-refractivity contribution is 5.70. The number of carbonyl (C=O) groups excluding carboxylic acids is 2. The number of ether oxygens (including phenoxy) is 6. The van der Waals surface area contributed by atoms with Crippen LogP contribution in [0.4, 0.5) is 0 Å². The van der Waals surface area contributed by atoms with Gasteiger partial charge in [0, 0.05) is 12.8 Å². The van der Waals surface area contributed by atoms with Gasteiger partial charge in [-0.25, -0.2) is 0 Å². The first-order valence-electron chi connectivity index (χ1n) is 25.5. The molecule has 2 saturated heterocycles. The maximum absolute atomic E-state index is 13.0. The highest BCUT2D eigenvalue weighted by Gasteiger charge is 2.47. The van der Waals surface area contributed by atoms with Crippen LogP contribution >= 0.6 is 0 Å². The number of esters is 2. The zero-order valence-corrected chi connectivity index (χ0v) is 41.7. The van der Waals surface area contributed by atoms with Crippen LogP contribution in [0.5, 0.6) is 0 Å². The summed E-state index contributed by atoms with van der Waals surface area (Å²) in [5.74, 6) is -1.03. The van der Waals surface area contributed by atoms with Crippen molar-refractivity contribution in [2.24, 2.45) is 0 Å². The Morgan fingerprint density at radius 3 is 1.34 bits per heavy atom. The minimum Gasteiger partial charge on any atom is -0.462 e. The Labute approximate surface area is 417 Å². The summed E-state index contributed by atoms with van der Waals surface area (Å²) >= 11 is 0. The van der Waals surface area contributed by atoms with E-state index >= 15 is 0 Å². The Morgan fingerprint density at radius 2 is 0.857 bits per heavy atom. The van der Waals surface area contributed by atoms with Gasteiger partial charge < -0.3 is 64.2 Å². The summed E-state index contributed by atoms with van der Waals surface area (Å²) in [5.41, 5.74) is 0. The number of aliphatic hydroxyl groups excluding tert-OH is 7. The van der Waals surface area contributed by atoms with Crippen molar-refractivity contribution < 1.29 is 73.8 Å². The van der Waals surface area contributed by atoms with Crippen molar-refractivity contribution in [3.63, 3.8) is 0 Å². The van der Waals surface area contributed by atoms with E-state index in [1.54, 1.807) is 0 Å². The third-order valence-corrected chi connectivity index (χ3v) is 11.2. The molecule has 0 radical (unpaired) electrons. The molecule has 0 aromatic heterocycles. The Bertz CT molecular complexity index is 1630. The van der Waals surface area contributed by atoms with E-state index in [9.17, 15) is 45.3 Å². The molecule has 396 valence electrons. The van der Waals surface area contributed by atoms with E-state index in [0.717, 1.165) is 89.9 Å². The number of allylic oxidation sites excluding steroid dienone is 18. The summed E-state index contributed by atoms with van der Waals surface area (Å²) < 4.78 is 33.5. The van der Waals surface area contributed by atoms with Gasteiger partial charge in [0.15, 0.2) is 18.7 Å². The van der Waals surface area contributed by atoms with Gasteiger partial charge in [0.2, 0.25) is 0 Å². The van der Waals surface area contributed by atoms with Crippen molar-refractivity contribution >= 4 is 11.9 Å². The third kappa shape index (κ3) is 28.3. The van der Waals surface area contributed by atoms with Gasteiger partial charge in [0.1, 0.15) is 55.4 Å². The van der Waals surface area contributed by atoms with E-state index < -0.39 is 99.3 Å². The van der Waals surface area contributed by atoms with Crippen LogP contribution in [0.2, 0.25) is 0 Å². The fraction of sp³-hybridized carbons (Fsp3) is 0.636. The molecule has 70 heavy (non-hydrogen) atoms. The fourth-order valence-corrected chi connectivity index (χ4v) is 7.11. The van der Waals surface area contributed by atoms with Crippen LogP contribution in [0.3, 0.4) is 0 Å².